The van der Waals surface area contributed by atoms with Gasteiger partial charge in [-0.2, -0.15) is 16.8 Å². The Bertz CT molecular complexity index is 524. The highest BCUT2D eigenvalue weighted by atomic mass is 32.3. The third-order valence-corrected chi connectivity index (χ3v) is 3.21. The van der Waals surface area contributed by atoms with Gasteiger partial charge in [-0.3, -0.25) is 9.11 Å². The van der Waals surface area contributed by atoms with Crippen LogP contribution in [0.3, 0.4) is 0 Å². The average Bonchev–Trinajstić information content (AvgIpc) is 2.25. The first kappa shape index (κ1) is 17.6. The Hall–Kier alpha value is -0.420. The summed E-state index contributed by atoms with van der Waals surface area (Å²) in [5, 5.41) is 27.9. The van der Waals surface area contributed by atoms with Crippen LogP contribution in [0.5, 0.6) is 0 Å². The fourth-order valence-corrected chi connectivity index (χ4v) is 2.54. The van der Waals surface area contributed by atoms with Crippen LogP contribution >= 0.6 is 0 Å². The lowest BCUT2D eigenvalue weighted by Crippen LogP contribution is -2.61. The highest BCUT2D eigenvalue weighted by Crippen LogP contribution is 2.26. The molecule has 0 amide bonds. The summed E-state index contributed by atoms with van der Waals surface area (Å²) in [5.41, 5.74) is 0. The number of ether oxygens (including phenoxy) is 1. The summed E-state index contributed by atoms with van der Waals surface area (Å²) in [4.78, 5) is 0. The normalized spacial score (nSPS) is 36.0. The Morgan fingerprint density at radius 3 is 1.80 bits per heavy atom. The lowest BCUT2D eigenvalue weighted by molar-refractivity contribution is -0.276. The van der Waals surface area contributed by atoms with Gasteiger partial charge in [0.1, 0.15) is 18.3 Å². The maximum atomic E-state index is 10.6. The van der Waals surface area contributed by atoms with Crippen LogP contribution in [0.1, 0.15) is 0 Å². The summed E-state index contributed by atoms with van der Waals surface area (Å²) >= 11 is 0. The van der Waals surface area contributed by atoms with E-state index in [-0.39, 0.29) is 0 Å². The topological polar surface area (TPSA) is 197 Å². The summed E-state index contributed by atoms with van der Waals surface area (Å²) < 4.78 is 71.9. The minimum absolute atomic E-state index is 0.887. The maximum absolute atomic E-state index is 10.6. The number of hydrogen-bond acceptors (Lipinski definition) is 10. The number of aliphatic hydroxyl groups is 3. The van der Waals surface area contributed by atoms with Crippen molar-refractivity contribution in [3.05, 3.63) is 0 Å². The van der Waals surface area contributed by atoms with E-state index < -0.39 is 58.1 Å². The molecule has 1 fully saturated rings. The Kier molecular flexibility index (Phi) is 5.41. The van der Waals surface area contributed by atoms with Crippen molar-refractivity contribution in [3.63, 3.8) is 0 Å². The molecule has 1 aliphatic heterocycles. The van der Waals surface area contributed by atoms with E-state index in [9.17, 15) is 27.0 Å². The fraction of sp³-hybridized carbons (Fsp3) is 1.00. The third-order valence-electron chi connectivity index (χ3n) is 2.28. The summed E-state index contributed by atoms with van der Waals surface area (Å²) in [6, 6.07) is 0. The molecule has 0 radical (unpaired) electrons. The zero-order chi connectivity index (χ0) is 15.7. The summed E-state index contributed by atoms with van der Waals surface area (Å²) in [7, 11) is -10.3. The van der Waals surface area contributed by atoms with Gasteiger partial charge < -0.3 is 20.1 Å². The van der Waals surface area contributed by atoms with Crippen LogP contribution in [0.2, 0.25) is 0 Å². The SMILES string of the molecule is O=S(=O)(O)O[C@H]1[C@@H](O)[C@H](CO)O[C@H](O)[C@H]1OS(=O)(=O)O. The standard InChI is InChI=1S/C6H12O12S2/c7-1-2-3(8)4(17-19(10,11)12)5(6(9)16-2)18-20(13,14)15/h2-9H,1H2,(H,10,11,12)(H,13,14,15)/t2-,3-,4-,5-,6-/m0/s1. The molecule has 0 spiro atoms. The van der Waals surface area contributed by atoms with Crippen LogP contribution < -0.4 is 0 Å². The van der Waals surface area contributed by atoms with Gasteiger partial charge in [0.05, 0.1) is 6.61 Å². The molecule has 0 saturated carbocycles. The highest BCUT2D eigenvalue weighted by Gasteiger charge is 2.49. The van der Waals surface area contributed by atoms with Gasteiger partial charge in [0.15, 0.2) is 12.4 Å². The Labute approximate surface area is 113 Å². The molecule has 0 bridgehead atoms. The third kappa shape index (κ3) is 4.85. The number of hydrogen-bond donors (Lipinski definition) is 5. The summed E-state index contributed by atoms with van der Waals surface area (Å²) in [6.07, 6.45) is -10.1. The predicted octanol–water partition coefficient (Wildman–Crippen LogP) is -3.57. The van der Waals surface area contributed by atoms with Gasteiger partial charge >= 0.3 is 20.8 Å². The molecule has 120 valence electrons. The molecule has 14 heteroatoms. The van der Waals surface area contributed by atoms with E-state index in [0.29, 0.717) is 0 Å². The largest absolute Gasteiger partial charge is 0.397 e. The average molecular weight is 340 g/mol. The maximum Gasteiger partial charge on any atom is 0.397 e. The Morgan fingerprint density at radius 2 is 1.40 bits per heavy atom. The van der Waals surface area contributed by atoms with Gasteiger partial charge in [-0.1, -0.05) is 0 Å². The van der Waals surface area contributed by atoms with E-state index in [4.69, 9.17) is 14.2 Å². The van der Waals surface area contributed by atoms with E-state index in [2.05, 4.69) is 13.1 Å². The van der Waals surface area contributed by atoms with E-state index >= 15 is 0 Å². The lowest BCUT2D eigenvalue weighted by atomic mass is 9.99. The van der Waals surface area contributed by atoms with Crippen molar-refractivity contribution < 1.29 is 54.4 Å². The van der Waals surface area contributed by atoms with Gasteiger partial charge in [0, 0.05) is 0 Å². The Balaban J connectivity index is 3.09. The molecular weight excluding hydrogens is 328 g/mol. The van der Waals surface area contributed by atoms with Crippen LogP contribution in [-0.4, -0.2) is 78.6 Å². The quantitative estimate of drug-likeness (QED) is 0.309. The molecule has 5 atom stereocenters. The van der Waals surface area contributed by atoms with Crippen molar-refractivity contribution in [1.29, 1.82) is 0 Å². The monoisotopic (exact) mass is 340 g/mol. The van der Waals surface area contributed by atoms with E-state index in [1.54, 1.807) is 0 Å². The molecule has 1 aliphatic rings. The summed E-state index contributed by atoms with van der Waals surface area (Å²) in [5.74, 6) is 0. The first-order valence-corrected chi connectivity index (χ1v) is 7.61. The van der Waals surface area contributed by atoms with E-state index in [0.717, 1.165) is 0 Å². The Morgan fingerprint density at radius 1 is 0.950 bits per heavy atom. The molecule has 5 N–H and O–H groups in total. The molecule has 0 aromatic heterocycles. The van der Waals surface area contributed by atoms with E-state index in [1.165, 1.54) is 0 Å². The molecule has 0 unspecified atom stereocenters. The zero-order valence-electron chi connectivity index (χ0n) is 9.50. The van der Waals surface area contributed by atoms with Crippen molar-refractivity contribution in [2.24, 2.45) is 0 Å². The first-order chi connectivity index (χ1) is 8.94. The van der Waals surface area contributed by atoms with Gasteiger partial charge in [-0.15, -0.1) is 0 Å². The van der Waals surface area contributed by atoms with Crippen molar-refractivity contribution in [1.82, 2.24) is 0 Å². The molecule has 0 aromatic rings. The molecule has 1 heterocycles. The fourth-order valence-electron chi connectivity index (χ4n) is 1.55. The van der Waals surface area contributed by atoms with Gasteiger partial charge in [0.25, 0.3) is 0 Å². The highest BCUT2D eigenvalue weighted by molar-refractivity contribution is 7.81. The molecule has 1 saturated heterocycles. The first-order valence-electron chi connectivity index (χ1n) is 4.88. The zero-order valence-corrected chi connectivity index (χ0v) is 11.1. The van der Waals surface area contributed by atoms with Gasteiger partial charge in [-0.25, -0.2) is 8.37 Å². The van der Waals surface area contributed by atoms with Crippen molar-refractivity contribution in [2.45, 2.75) is 30.7 Å². The second-order valence-electron chi connectivity index (χ2n) is 3.72. The van der Waals surface area contributed by atoms with Crippen LogP contribution in [-0.2, 0) is 33.9 Å². The second-order valence-corrected chi connectivity index (χ2v) is 5.81. The van der Waals surface area contributed by atoms with Crippen molar-refractivity contribution >= 4 is 20.8 Å². The number of rotatable bonds is 5. The van der Waals surface area contributed by atoms with Crippen molar-refractivity contribution in [2.75, 3.05) is 6.61 Å². The van der Waals surface area contributed by atoms with Crippen LogP contribution in [0.4, 0.5) is 0 Å². The minimum atomic E-state index is -5.16. The smallest absolute Gasteiger partial charge is 0.394 e. The summed E-state index contributed by atoms with van der Waals surface area (Å²) in [6.45, 7) is -0.887. The minimum Gasteiger partial charge on any atom is -0.394 e. The van der Waals surface area contributed by atoms with Crippen LogP contribution in [0.15, 0.2) is 0 Å². The van der Waals surface area contributed by atoms with Crippen LogP contribution in [0, 0.1) is 0 Å². The molecule has 20 heavy (non-hydrogen) atoms. The number of aliphatic hydroxyl groups excluding tert-OH is 3. The van der Waals surface area contributed by atoms with E-state index in [1.807, 2.05) is 0 Å². The lowest BCUT2D eigenvalue weighted by Gasteiger charge is -2.39. The predicted molar refractivity (Wildman–Crippen MR) is 56.8 cm³/mol. The molecule has 1 rings (SSSR count). The van der Waals surface area contributed by atoms with Crippen LogP contribution in [0.25, 0.3) is 0 Å². The van der Waals surface area contributed by atoms with Crippen molar-refractivity contribution in [3.8, 4) is 0 Å². The molecule has 0 aliphatic carbocycles. The molecule has 0 aromatic carbocycles. The van der Waals surface area contributed by atoms with Gasteiger partial charge in [0.2, 0.25) is 0 Å². The molecule has 12 nitrogen and oxygen atoms in total. The van der Waals surface area contributed by atoms with Gasteiger partial charge in [-0.05, 0) is 0 Å². The second kappa shape index (κ2) is 6.14. The molecular formula is C6H12O12S2.